The lowest BCUT2D eigenvalue weighted by Crippen LogP contribution is -2.68. The topological polar surface area (TPSA) is 62.6 Å². The van der Waals surface area contributed by atoms with Crippen molar-refractivity contribution in [1.29, 1.82) is 0 Å². The summed E-state index contributed by atoms with van der Waals surface area (Å²) in [5.74, 6) is -1.43. The summed E-state index contributed by atoms with van der Waals surface area (Å²) in [6.45, 7) is 0. The number of hydrogen-bond acceptors (Lipinski definition) is 3. The van der Waals surface area contributed by atoms with Crippen LogP contribution in [-0.2, 0) is 9.59 Å². The largest absolute Gasteiger partial charge is 0.465 e. The van der Waals surface area contributed by atoms with Crippen LogP contribution in [0.3, 0.4) is 0 Å². The molecular weight excluding hydrogens is 378 g/mol. The molecule has 1 atom stereocenters. The standard InChI is InChI=1S/C22H16F2N2O3/c23-15-4-1-6-17(12-15)25-21(28)22(10-9-19-8-3-11-29-19)14-20(27)26(22)18-7-2-5-16(24)13-18/h1-13H,14H2,(H,25,28). The molecule has 2 aromatic carbocycles. The molecule has 1 unspecified atom stereocenters. The number of rotatable bonds is 5. The molecule has 1 aromatic heterocycles. The van der Waals surface area contributed by atoms with Crippen LogP contribution in [0.15, 0.2) is 77.4 Å². The Balaban J connectivity index is 1.73. The van der Waals surface area contributed by atoms with E-state index in [9.17, 15) is 18.4 Å². The van der Waals surface area contributed by atoms with Gasteiger partial charge in [0.25, 0.3) is 5.91 Å². The van der Waals surface area contributed by atoms with Crippen LogP contribution >= 0.6 is 0 Å². The lowest BCUT2D eigenvalue weighted by molar-refractivity contribution is -0.134. The van der Waals surface area contributed by atoms with Gasteiger partial charge >= 0.3 is 0 Å². The molecule has 2 amide bonds. The third-order valence-corrected chi connectivity index (χ3v) is 4.68. The third-order valence-electron chi connectivity index (χ3n) is 4.68. The zero-order chi connectivity index (χ0) is 20.4. The normalized spacial score (nSPS) is 18.7. The highest BCUT2D eigenvalue weighted by molar-refractivity contribution is 6.18. The van der Waals surface area contributed by atoms with E-state index in [1.54, 1.807) is 24.3 Å². The molecule has 0 radical (unpaired) electrons. The van der Waals surface area contributed by atoms with E-state index in [0.29, 0.717) is 5.76 Å². The number of β-lactam (4-membered cyclic amide) rings is 1. The first-order valence-corrected chi connectivity index (χ1v) is 8.86. The van der Waals surface area contributed by atoms with Gasteiger partial charge < -0.3 is 9.73 Å². The van der Waals surface area contributed by atoms with Crippen molar-refractivity contribution in [2.45, 2.75) is 12.0 Å². The number of anilines is 2. The van der Waals surface area contributed by atoms with Gasteiger partial charge in [-0.25, -0.2) is 8.78 Å². The number of carbonyl (C=O) groups is 2. The van der Waals surface area contributed by atoms with Gasteiger partial charge in [-0.2, -0.15) is 0 Å². The summed E-state index contributed by atoms with van der Waals surface area (Å²) in [6, 6.07) is 14.3. The molecule has 1 fully saturated rings. The molecule has 1 N–H and O–H groups in total. The van der Waals surface area contributed by atoms with Crippen molar-refractivity contribution in [2.24, 2.45) is 0 Å². The maximum absolute atomic E-state index is 13.8. The van der Waals surface area contributed by atoms with E-state index < -0.39 is 23.1 Å². The van der Waals surface area contributed by atoms with E-state index in [4.69, 9.17) is 4.42 Å². The number of nitrogens with one attached hydrogen (secondary N) is 1. The van der Waals surface area contributed by atoms with E-state index in [2.05, 4.69) is 5.32 Å². The van der Waals surface area contributed by atoms with Crippen molar-refractivity contribution in [3.63, 3.8) is 0 Å². The first kappa shape index (κ1) is 18.6. The fourth-order valence-electron chi connectivity index (χ4n) is 3.31. The molecular formula is C22H16F2N2O3. The van der Waals surface area contributed by atoms with Crippen LogP contribution in [0.1, 0.15) is 12.2 Å². The molecule has 0 bridgehead atoms. The maximum Gasteiger partial charge on any atom is 0.255 e. The van der Waals surface area contributed by atoms with Crippen molar-refractivity contribution >= 4 is 29.3 Å². The number of carbonyl (C=O) groups excluding carboxylic acids is 2. The molecule has 1 saturated heterocycles. The fourth-order valence-corrected chi connectivity index (χ4v) is 3.31. The summed E-state index contributed by atoms with van der Waals surface area (Å²) in [6.07, 6.45) is 4.47. The highest BCUT2D eigenvalue weighted by atomic mass is 19.1. The number of nitrogens with zero attached hydrogens (tertiary/aromatic N) is 1. The molecule has 29 heavy (non-hydrogen) atoms. The quantitative estimate of drug-likeness (QED) is 0.653. The van der Waals surface area contributed by atoms with E-state index in [-0.39, 0.29) is 23.7 Å². The molecule has 1 aliphatic rings. The molecule has 3 aromatic rings. The Bertz CT molecular complexity index is 1090. The van der Waals surface area contributed by atoms with Crippen LogP contribution in [0.5, 0.6) is 0 Å². The van der Waals surface area contributed by atoms with Gasteiger partial charge in [0.2, 0.25) is 5.91 Å². The van der Waals surface area contributed by atoms with Crippen molar-refractivity contribution < 1.29 is 22.8 Å². The Kier molecular flexibility index (Phi) is 4.72. The average molecular weight is 394 g/mol. The lowest BCUT2D eigenvalue weighted by Gasteiger charge is -2.48. The van der Waals surface area contributed by atoms with E-state index in [1.165, 1.54) is 59.7 Å². The molecule has 0 spiro atoms. The van der Waals surface area contributed by atoms with Gasteiger partial charge in [0.05, 0.1) is 12.7 Å². The molecule has 1 aliphatic heterocycles. The Morgan fingerprint density at radius 3 is 2.48 bits per heavy atom. The van der Waals surface area contributed by atoms with E-state index in [0.717, 1.165) is 0 Å². The van der Waals surface area contributed by atoms with Crippen molar-refractivity contribution in [1.82, 2.24) is 0 Å². The number of amides is 2. The summed E-state index contributed by atoms with van der Waals surface area (Å²) < 4.78 is 32.5. The van der Waals surface area contributed by atoms with Crippen LogP contribution in [0.25, 0.3) is 6.08 Å². The minimum atomic E-state index is -1.41. The first-order chi connectivity index (χ1) is 14.0. The maximum atomic E-state index is 13.8. The monoisotopic (exact) mass is 394 g/mol. The Labute approximate surface area is 165 Å². The van der Waals surface area contributed by atoms with Gasteiger partial charge in [-0.3, -0.25) is 14.5 Å². The second-order valence-corrected chi connectivity index (χ2v) is 6.62. The van der Waals surface area contributed by atoms with Gasteiger partial charge in [-0.1, -0.05) is 12.1 Å². The zero-order valence-corrected chi connectivity index (χ0v) is 15.1. The molecule has 7 heteroatoms. The van der Waals surface area contributed by atoms with Crippen molar-refractivity contribution in [3.8, 4) is 0 Å². The van der Waals surface area contributed by atoms with Gasteiger partial charge in [0.1, 0.15) is 17.4 Å². The number of halogens is 2. The Hall–Kier alpha value is -3.74. The van der Waals surface area contributed by atoms with Crippen molar-refractivity contribution in [3.05, 3.63) is 90.4 Å². The van der Waals surface area contributed by atoms with Crippen LogP contribution in [-0.4, -0.2) is 17.4 Å². The average Bonchev–Trinajstić information content (AvgIpc) is 3.18. The summed E-state index contributed by atoms with van der Waals surface area (Å²) in [5, 5.41) is 2.64. The van der Waals surface area contributed by atoms with Crippen molar-refractivity contribution in [2.75, 3.05) is 10.2 Å². The fraction of sp³-hybridized carbons (Fsp3) is 0.0909. The smallest absolute Gasteiger partial charge is 0.255 e. The van der Waals surface area contributed by atoms with Gasteiger partial charge in [-0.15, -0.1) is 0 Å². The minimum Gasteiger partial charge on any atom is -0.465 e. The molecule has 4 rings (SSSR count). The van der Waals surface area contributed by atoms with Crippen LogP contribution < -0.4 is 10.2 Å². The highest BCUT2D eigenvalue weighted by Crippen LogP contribution is 2.40. The van der Waals surface area contributed by atoms with Gasteiger partial charge in [-0.05, 0) is 60.7 Å². The molecule has 146 valence electrons. The summed E-state index contributed by atoms with van der Waals surface area (Å²) >= 11 is 0. The van der Waals surface area contributed by atoms with Gasteiger partial charge in [0.15, 0.2) is 5.54 Å². The lowest BCUT2D eigenvalue weighted by atomic mass is 9.81. The molecule has 5 nitrogen and oxygen atoms in total. The SMILES string of the molecule is O=C1CC(C=Cc2ccco2)(C(=O)Nc2cccc(F)c2)N1c1cccc(F)c1. The molecule has 0 saturated carbocycles. The highest BCUT2D eigenvalue weighted by Gasteiger charge is 2.55. The molecule has 0 aliphatic carbocycles. The van der Waals surface area contributed by atoms with E-state index in [1.807, 2.05) is 0 Å². The van der Waals surface area contributed by atoms with Crippen LogP contribution in [0.2, 0.25) is 0 Å². The predicted molar refractivity (Wildman–Crippen MR) is 104 cm³/mol. The van der Waals surface area contributed by atoms with E-state index >= 15 is 0 Å². The zero-order valence-electron chi connectivity index (χ0n) is 15.1. The third kappa shape index (κ3) is 3.54. The Morgan fingerprint density at radius 1 is 1.07 bits per heavy atom. The molecule has 2 heterocycles. The van der Waals surface area contributed by atoms with Gasteiger partial charge in [0, 0.05) is 11.4 Å². The van der Waals surface area contributed by atoms with Crippen LogP contribution in [0, 0.1) is 11.6 Å². The number of benzene rings is 2. The summed E-state index contributed by atoms with van der Waals surface area (Å²) in [7, 11) is 0. The summed E-state index contributed by atoms with van der Waals surface area (Å²) in [4.78, 5) is 26.9. The number of hydrogen-bond donors (Lipinski definition) is 1. The summed E-state index contributed by atoms with van der Waals surface area (Å²) in [5.41, 5.74) is -0.914. The van der Waals surface area contributed by atoms with Crippen LogP contribution in [0.4, 0.5) is 20.2 Å². The second kappa shape index (κ2) is 7.35. The number of furan rings is 1. The Morgan fingerprint density at radius 2 is 1.83 bits per heavy atom. The second-order valence-electron chi connectivity index (χ2n) is 6.62. The minimum absolute atomic E-state index is 0.123. The first-order valence-electron chi connectivity index (χ1n) is 8.86. The predicted octanol–water partition coefficient (Wildman–Crippen LogP) is 4.39.